The van der Waals surface area contributed by atoms with E-state index in [9.17, 15) is 0 Å². The summed E-state index contributed by atoms with van der Waals surface area (Å²) in [7, 11) is -0.220. The minimum Gasteiger partial charge on any atom is -0.405 e. The Labute approximate surface area is 147 Å². The summed E-state index contributed by atoms with van der Waals surface area (Å²) in [6.45, 7) is 1.34. The lowest BCUT2D eigenvalue weighted by Gasteiger charge is -2.12. The summed E-state index contributed by atoms with van der Waals surface area (Å²) in [5.41, 5.74) is 3.55. The van der Waals surface area contributed by atoms with Gasteiger partial charge in [-0.1, -0.05) is 72.8 Å². The van der Waals surface area contributed by atoms with Crippen molar-refractivity contribution in [3.8, 4) is 11.1 Å². The molecule has 0 unspecified atom stereocenters. The molecule has 4 aromatic carbocycles. The molecule has 0 saturated carbocycles. The molecular formula is C22H17BO2. The molecule has 25 heavy (non-hydrogen) atoms. The maximum atomic E-state index is 5.59. The standard InChI is InChI=1S/C22H17BO2/c1-2-6-19-17(5-1)15-22(21-8-4-3-7-20(19)21)16-9-11-18(12-10-16)23-24-13-14-25-23/h1-12,15H,13-14H2. The third-order valence-corrected chi connectivity index (χ3v) is 4.88. The Hall–Kier alpha value is -2.62. The fraction of sp³-hybridized carbons (Fsp3) is 0.0909. The van der Waals surface area contributed by atoms with Crippen LogP contribution in [-0.4, -0.2) is 20.3 Å². The molecule has 1 saturated heterocycles. The van der Waals surface area contributed by atoms with Crippen LogP contribution in [0.25, 0.3) is 32.7 Å². The highest BCUT2D eigenvalue weighted by Gasteiger charge is 2.25. The molecule has 1 heterocycles. The normalized spacial score (nSPS) is 14.5. The van der Waals surface area contributed by atoms with E-state index >= 15 is 0 Å². The molecular weight excluding hydrogens is 307 g/mol. The van der Waals surface area contributed by atoms with Crippen LogP contribution >= 0.6 is 0 Å². The Morgan fingerprint density at radius 2 is 1.28 bits per heavy atom. The molecule has 4 aromatic rings. The van der Waals surface area contributed by atoms with Crippen molar-refractivity contribution in [2.45, 2.75) is 0 Å². The zero-order valence-electron chi connectivity index (χ0n) is 13.8. The van der Waals surface area contributed by atoms with Crippen LogP contribution in [0.5, 0.6) is 0 Å². The van der Waals surface area contributed by atoms with E-state index in [0.29, 0.717) is 13.2 Å². The molecule has 1 aliphatic heterocycles. The van der Waals surface area contributed by atoms with Crippen LogP contribution in [0.15, 0.2) is 78.9 Å². The zero-order chi connectivity index (χ0) is 16.6. The predicted molar refractivity (Wildman–Crippen MR) is 104 cm³/mol. The van der Waals surface area contributed by atoms with Gasteiger partial charge in [0.2, 0.25) is 0 Å². The molecule has 0 aromatic heterocycles. The molecule has 0 aliphatic carbocycles. The molecule has 0 N–H and O–H groups in total. The molecule has 0 bridgehead atoms. The monoisotopic (exact) mass is 324 g/mol. The zero-order valence-corrected chi connectivity index (χ0v) is 13.8. The SMILES string of the molecule is c1ccc2c(c1)cc(-c1ccc(B3OCCO3)cc1)c1ccccc12. The van der Waals surface area contributed by atoms with Crippen LogP contribution in [0.3, 0.4) is 0 Å². The first-order valence-electron chi connectivity index (χ1n) is 8.64. The van der Waals surface area contributed by atoms with Gasteiger partial charge in [-0.05, 0) is 44.2 Å². The molecule has 120 valence electrons. The van der Waals surface area contributed by atoms with Crippen LogP contribution in [-0.2, 0) is 9.31 Å². The molecule has 2 nitrogen and oxygen atoms in total. The fourth-order valence-electron chi connectivity index (χ4n) is 3.66. The highest BCUT2D eigenvalue weighted by Crippen LogP contribution is 2.34. The van der Waals surface area contributed by atoms with Gasteiger partial charge in [-0.2, -0.15) is 0 Å². The number of hydrogen-bond donors (Lipinski definition) is 0. The topological polar surface area (TPSA) is 18.5 Å². The molecule has 3 heteroatoms. The maximum Gasteiger partial charge on any atom is 0.494 e. The van der Waals surface area contributed by atoms with E-state index in [0.717, 1.165) is 5.46 Å². The first kappa shape index (κ1) is 14.7. The van der Waals surface area contributed by atoms with Crippen molar-refractivity contribution in [3.05, 3.63) is 78.9 Å². The van der Waals surface area contributed by atoms with E-state index < -0.39 is 0 Å². The molecule has 0 atom stereocenters. The third-order valence-electron chi connectivity index (χ3n) is 4.88. The predicted octanol–water partition coefficient (Wildman–Crippen LogP) is 4.40. The Bertz CT molecular complexity index is 1050. The van der Waals surface area contributed by atoms with Crippen LogP contribution in [0.1, 0.15) is 0 Å². The molecule has 0 spiro atoms. The first-order valence-corrected chi connectivity index (χ1v) is 8.64. The minimum atomic E-state index is -0.220. The van der Waals surface area contributed by atoms with Gasteiger partial charge in [0.05, 0.1) is 13.2 Å². The lowest BCUT2D eigenvalue weighted by atomic mass is 9.79. The highest BCUT2D eigenvalue weighted by molar-refractivity contribution is 6.61. The largest absolute Gasteiger partial charge is 0.494 e. The van der Waals surface area contributed by atoms with Gasteiger partial charge in [0.25, 0.3) is 0 Å². The number of hydrogen-bond acceptors (Lipinski definition) is 2. The van der Waals surface area contributed by atoms with Gasteiger partial charge in [0.1, 0.15) is 0 Å². The highest BCUT2D eigenvalue weighted by atomic mass is 16.6. The summed E-state index contributed by atoms with van der Waals surface area (Å²) >= 11 is 0. The van der Waals surface area contributed by atoms with Crippen LogP contribution in [0.2, 0.25) is 0 Å². The van der Waals surface area contributed by atoms with Gasteiger partial charge in [0.15, 0.2) is 0 Å². The van der Waals surface area contributed by atoms with Crippen molar-refractivity contribution >= 4 is 34.1 Å². The molecule has 0 radical (unpaired) electrons. The number of rotatable bonds is 2. The Balaban J connectivity index is 1.68. The fourth-order valence-corrected chi connectivity index (χ4v) is 3.66. The van der Waals surface area contributed by atoms with Crippen molar-refractivity contribution in [1.82, 2.24) is 0 Å². The van der Waals surface area contributed by atoms with E-state index in [2.05, 4.69) is 78.9 Å². The second-order valence-electron chi connectivity index (χ2n) is 6.39. The first-order chi connectivity index (χ1) is 12.4. The average molecular weight is 324 g/mol. The van der Waals surface area contributed by atoms with E-state index in [-0.39, 0.29) is 7.12 Å². The van der Waals surface area contributed by atoms with Crippen molar-refractivity contribution in [2.24, 2.45) is 0 Å². The minimum absolute atomic E-state index is 0.220. The summed E-state index contributed by atoms with van der Waals surface area (Å²) < 4.78 is 11.2. The second-order valence-corrected chi connectivity index (χ2v) is 6.39. The molecule has 1 aliphatic rings. The summed E-state index contributed by atoms with van der Waals surface area (Å²) in [6.07, 6.45) is 0. The summed E-state index contributed by atoms with van der Waals surface area (Å²) in [6, 6.07) is 28.0. The van der Waals surface area contributed by atoms with Crippen LogP contribution in [0, 0.1) is 0 Å². The van der Waals surface area contributed by atoms with Crippen molar-refractivity contribution in [1.29, 1.82) is 0 Å². The molecule has 0 amide bonds. The van der Waals surface area contributed by atoms with Crippen molar-refractivity contribution in [2.75, 3.05) is 13.2 Å². The Morgan fingerprint density at radius 3 is 2.04 bits per heavy atom. The quantitative estimate of drug-likeness (QED) is 0.402. The van der Waals surface area contributed by atoms with Crippen LogP contribution in [0.4, 0.5) is 0 Å². The number of fused-ring (bicyclic) bond motifs is 3. The van der Waals surface area contributed by atoms with E-state index in [1.54, 1.807) is 0 Å². The summed E-state index contributed by atoms with van der Waals surface area (Å²) in [4.78, 5) is 0. The number of benzene rings is 4. The van der Waals surface area contributed by atoms with E-state index in [1.165, 1.54) is 32.7 Å². The van der Waals surface area contributed by atoms with Crippen molar-refractivity contribution < 1.29 is 9.31 Å². The third kappa shape index (κ3) is 2.53. The maximum absolute atomic E-state index is 5.59. The Kier molecular flexibility index (Phi) is 3.55. The Morgan fingerprint density at radius 1 is 0.640 bits per heavy atom. The van der Waals surface area contributed by atoms with Gasteiger partial charge >= 0.3 is 7.12 Å². The van der Waals surface area contributed by atoms with Crippen molar-refractivity contribution in [3.63, 3.8) is 0 Å². The summed E-state index contributed by atoms with van der Waals surface area (Å²) in [5.74, 6) is 0. The summed E-state index contributed by atoms with van der Waals surface area (Å²) in [5, 5.41) is 5.14. The van der Waals surface area contributed by atoms with E-state index in [1.807, 2.05) is 0 Å². The van der Waals surface area contributed by atoms with Crippen LogP contribution < -0.4 is 5.46 Å². The second kappa shape index (κ2) is 6.03. The molecule has 1 fully saturated rings. The average Bonchev–Trinajstić information content (AvgIpc) is 3.22. The lowest BCUT2D eigenvalue weighted by molar-refractivity contribution is 0.365. The van der Waals surface area contributed by atoms with E-state index in [4.69, 9.17) is 9.31 Å². The van der Waals surface area contributed by atoms with Gasteiger partial charge in [0, 0.05) is 0 Å². The van der Waals surface area contributed by atoms with Gasteiger partial charge < -0.3 is 9.31 Å². The van der Waals surface area contributed by atoms with Gasteiger partial charge in [-0.25, -0.2) is 0 Å². The smallest absolute Gasteiger partial charge is 0.405 e. The molecule has 5 rings (SSSR count). The van der Waals surface area contributed by atoms with Gasteiger partial charge in [-0.15, -0.1) is 0 Å². The lowest BCUT2D eigenvalue weighted by Crippen LogP contribution is -2.31. The van der Waals surface area contributed by atoms with Gasteiger partial charge in [-0.3, -0.25) is 0 Å².